The number of aliphatic hydroxyl groups excluding tert-OH is 3. The molecule has 0 spiro atoms. The van der Waals surface area contributed by atoms with Crippen molar-refractivity contribution in [2.24, 2.45) is 0 Å². The van der Waals surface area contributed by atoms with Crippen LogP contribution in [0.15, 0.2) is 21.9 Å². The smallest absolute Gasteiger partial charge is 0.335 e. The van der Waals surface area contributed by atoms with Crippen LogP contribution in [-0.2, 0) is 24.1 Å². The summed E-state index contributed by atoms with van der Waals surface area (Å²) >= 11 is 0. The number of nitrogens with zero attached hydrogens (tertiary/aromatic N) is 1. The molecule has 1 aliphatic rings. The summed E-state index contributed by atoms with van der Waals surface area (Å²) in [6.07, 6.45) is -4.20. The van der Waals surface area contributed by atoms with E-state index in [1.807, 2.05) is 4.98 Å². The lowest BCUT2D eigenvalue weighted by molar-refractivity contribution is -0.136. The molecule has 11 nitrogen and oxygen atoms in total. The van der Waals surface area contributed by atoms with Crippen LogP contribution in [0.4, 0.5) is 0 Å². The molecule has 24 heavy (non-hydrogen) atoms. The van der Waals surface area contributed by atoms with Crippen molar-refractivity contribution in [1.29, 1.82) is 0 Å². The molecule has 1 saturated heterocycles. The molecular formula is C12H19N2O9P. The van der Waals surface area contributed by atoms with E-state index < -0.39 is 55.7 Å². The number of hydrogen-bond donors (Lipinski definition) is 4. The first kappa shape index (κ1) is 19.0. The number of rotatable bonds is 6. The third-order valence-electron chi connectivity index (χ3n) is 3.91. The van der Waals surface area contributed by atoms with Crippen molar-refractivity contribution >= 4 is 7.60 Å². The Morgan fingerprint density at radius 3 is 2.46 bits per heavy atom. The molecule has 0 bridgehead atoms. The number of hydrogen-bond acceptors (Lipinski definition) is 9. The summed E-state index contributed by atoms with van der Waals surface area (Å²) in [6, 6.07) is 0.989. The summed E-state index contributed by atoms with van der Waals surface area (Å²) in [5.41, 5.74) is -3.73. The molecule has 0 saturated carbocycles. The van der Waals surface area contributed by atoms with Crippen molar-refractivity contribution in [1.82, 2.24) is 9.55 Å². The van der Waals surface area contributed by atoms with Gasteiger partial charge in [0.05, 0.1) is 6.61 Å². The Bertz CT molecular complexity index is 739. The first-order valence-corrected chi connectivity index (χ1v) is 8.63. The third-order valence-corrected chi connectivity index (χ3v) is 5.86. The first-order valence-electron chi connectivity index (χ1n) is 6.91. The normalized spacial score (nSPS) is 30.6. The van der Waals surface area contributed by atoms with E-state index in [9.17, 15) is 29.5 Å². The van der Waals surface area contributed by atoms with Crippen LogP contribution >= 0.6 is 7.60 Å². The molecule has 12 heteroatoms. The Hall–Kier alpha value is -1.33. The van der Waals surface area contributed by atoms with E-state index in [2.05, 4.69) is 0 Å². The first-order chi connectivity index (χ1) is 11.2. The van der Waals surface area contributed by atoms with Gasteiger partial charge in [-0.05, 0) is 0 Å². The fraction of sp³-hybridized carbons (Fsp3) is 0.667. The van der Waals surface area contributed by atoms with Crippen LogP contribution in [0.3, 0.4) is 0 Å². The summed E-state index contributed by atoms with van der Waals surface area (Å²) in [5, 5.41) is 29.8. The summed E-state index contributed by atoms with van der Waals surface area (Å²) in [5.74, 6) is 0. The zero-order chi connectivity index (χ0) is 18.1. The van der Waals surface area contributed by atoms with Crippen LogP contribution in [0.5, 0.6) is 0 Å². The minimum Gasteiger partial charge on any atom is -0.394 e. The molecule has 0 amide bonds. The minimum atomic E-state index is -3.82. The summed E-state index contributed by atoms with van der Waals surface area (Å²) in [7, 11) is -1.61. The summed E-state index contributed by atoms with van der Waals surface area (Å²) < 4.78 is 28.5. The number of aromatic amines is 1. The fourth-order valence-electron chi connectivity index (χ4n) is 2.62. The highest BCUT2D eigenvalue weighted by atomic mass is 31.2. The van der Waals surface area contributed by atoms with Gasteiger partial charge >= 0.3 is 13.3 Å². The standard InChI is InChI=1S/C12H19N2O9P/c1-21-24(20,22-2)6-12(10(18)9(17)7(5-15)23-12)14-4-3-8(16)13-11(14)19/h3-4,7,9-10,15,17-18H,5-6H2,1-2H3,(H,13,16,19)/t7-,9-,10+,12-/m1/s1. The van der Waals surface area contributed by atoms with E-state index in [1.165, 1.54) is 0 Å². The van der Waals surface area contributed by atoms with Gasteiger partial charge in [0.1, 0.15) is 24.5 Å². The van der Waals surface area contributed by atoms with Crippen LogP contribution in [0, 0.1) is 0 Å². The Balaban J connectivity index is 2.64. The second-order valence-electron chi connectivity index (χ2n) is 5.23. The van der Waals surface area contributed by atoms with E-state index in [0.29, 0.717) is 0 Å². The van der Waals surface area contributed by atoms with E-state index in [4.69, 9.17) is 13.8 Å². The van der Waals surface area contributed by atoms with Crippen molar-refractivity contribution < 1.29 is 33.7 Å². The highest BCUT2D eigenvalue weighted by Crippen LogP contribution is 2.53. The molecule has 0 aliphatic carbocycles. The topological polar surface area (TPSA) is 160 Å². The maximum absolute atomic E-state index is 12.5. The van der Waals surface area contributed by atoms with Crippen molar-refractivity contribution in [3.05, 3.63) is 33.1 Å². The van der Waals surface area contributed by atoms with Crippen LogP contribution in [-0.4, -0.2) is 70.2 Å². The predicted molar refractivity (Wildman–Crippen MR) is 79.8 cm³/mol. The molecule has 1 aromatic heterocycles. The maximum atomic E-state index is 12.5. The molecule has 2 rings (SSSR count). The average Bonchev–Trinajstić information content (AvgIpc) is 2.80. The Morgan fingerprint density at radius 2 is 2.00 bits per heavy atom. The number of nitrogens with one attached hydrogen (secondary N) is 1. The minimum absolute atomic E-state index is 0.645. The van der Waals surface area contributed by atoms with Gasteiger partial charge in [-0.2, -0.15) is 0 Å². The number of aliphatic hydroxyl groups is 3. The second kappa shape index (κ2) is 6.89. The SMILES string of the molecule is COP(=O)(C[C@@]1(n2ccc(=O)[nH]c2=O)O[C@H](CO)[C@@H](O)[C@@H]1O)OC. The average molecular weight is 366 g/mol. The Labute approximate surface area is 136 Å². The lowest BCUT2D eigenvalue weighted by Gasteiger charge is -2.35. The van der Waals surface area contributed by atoms with Crippen LogP contribution in [0.25, 0.3) is 0 Å². The van der Waals surface area contributed by atoms with Crippen LogP contribution < -0.4 is 11.2 Å². The van der Waals surface area contributed by atoms with Gasteiger partial charge in [-0.15, -0.1) is 0 Å². The van der Waals surface area contributed by atoms with Crippen LogP contribution in [0.1, 0.15) is 0 Å². The quantitative estimate of drug-likeness (QED) is 0.409. The molecule has 1 aliphatic heterocycles. The van der Waals surface area contributed by atoms with Gasteiger partial charge in [-0.25, -0.2) is 4.79 Å². The van der Waals surface area contributed by atoms with Crippen LogP contribution in [0.2, 0.25) is 0 Å². The van der Waals surface area contributed by atoms with E-state index in [0.717, 1.165) is 31.0 Å². The lowest BCUT2D eigenvalue weighted by Crippen LogP contribution is -2.53. The van der Waals surface area contributed by atoms with Gasteiger partial charge in [0.2, 0.25) is 0 Å². The zero-order valence-electron chi connectivity index (χ0n) is 13.0. The molecular weight excluding hydrogens is 347 g/mol. The van der Waals surface area contributed by atoms with Gasteiger partial charge in [-0.1, -0.05) is 0 Å². The molecule has 4 atom stereocenters. The number of H-pyrrole nitrogens is 1. The summed E-state index contributed by atoms with van der Waals surface area (Å²) in [6.45, 7) is -0.664. The van der Waals surface area contributed by atoms with Gasteiger partial charge in [0.15, 0.2) is 5.72 Å². The van der Waals surface area contributed by atoms with Crippen molar-refractivity contribution in [3.8, 4) is 0 Å². The highest BCUT2D eigenvalue weighted by molar-refractivity contribution is 7.53. The Kier molecular flexibility index (Phi) is 5.45. The van der Waals surface area contributed by atoms with Gasteiger partial charge in [0, 0.05) is 26.5 Å². The van der Waals surface area contributed by atoms with E-state index in [1.54, 1.807) is 0 Å². The van der Waals surface area contributed by atoms with Crippen molar-refractivity contribution in [2.45, 2.75) is 24.0 Å². The molecule has 4 N–H and O–H groups in total. The maximum Gasteiger partial charge on any atom is 0.335 e. The molecule has 136 valence electrons. The van der Waals surface area contributed by atoms with Crippen molar-refractivity contribution in [3.63, 3.8) is 0 Å². The number of aromatic nitrogens is 2. The molecule has 1 aromatic rings. The summed E-state index contributed by atoms with van der Waals surface area (Å²) in [4.78, 5) is 25.4. The molecule has 0 unspecified atom stereocenters. The van der Waals surface area contributed by atoms with Crippen molar-refractivity contribution in [2.75, 3.05) is 27.0 Å². The zero-order valence-corrected chi connectivity index (χ0v) is 13.9. The predicted octanol–water partition coefficient (Wildman–Crippen LogP) is -2.21. The van der Waals surface area contributed by atoms with Gasteiger partial charge in [-0.3, -0.25) is 18.9 Å². The monoisotopic (exact) mass is 366 g/mol. The lowest BCUT2D eigenvalue weighted by atomic mass is 10.0. The van der Waals surface area contributed by atoms with Gasteiger partial charge < -0.3 is 29.1 Å². The highest BCUT2D eigenvalue weighted by Gasteiger charge is 2.59. The second-order valence-corrected chi connectivity index (χ2v) is 7.50. The molecule has 1 fully saturated rings. The molecule has 0 aromatic carbocycles. The van der Waals surface area contributed by atoms with E-state index >= 15 is 0 Å². The number of ether oxygens (including phenoxy) is 1. The fourth-order valence-corrected chi connectivity index (χ4v) is 4.00. The molecule has 2 heterocycles. The Morgan fingerprint density at radius 1 is 1.38 bits per heavy atom. The van der Waals surface area contributed by atoms with Gasteiger partial charge in [0.25, 0.3) is 5.56 Å². The third kappa shape index (κ3) is 3.11. The molecule has 0 radical (unpaired) electrons. The largest absolute Gasteiger partial charge is 0.394 e. The van der Waals surface area contributed by atoms with E-state index in [-0.39, 0.29) is 0 Å².